The van der Waals surface area contributed by atoms with E-state index in [1.165, 1.54) is 18.3 Å². The molecule has 18 heavy (non-hydrogen) atoms. The maximum atomic E-state index is 5.92. The summed E-state index contributed by atoms with van der Waals surface area (Å²) < 4.78 is 5.17. The number of anilines is 2. The molecule has 0 atom stereocenters. The molecule has 1 aromatic carbocycles. The summed E-state index contributed by atoms with van der Waals surface area (Å²) in [6.45, 7) is 0. The fraction of sp³-hybridized carbons (Fsp3) is 0.167. The van der Waals surface area contributed by atoms with Crippen molar-refractivity contribution in [3.05, 3.63) is 35.7 Å². The van der Waals surface area contributed by atoms with E-state index < -0.39 is 0 Å². The van der Waals surface area contributed by atoms with E-state index in [-0.39, 0.29) is 5.15 Å². The van der Waals surface area contributed by atoms with E-state index in [0.29, 0.717) is 11.6 Å². The average molecular weight is 282 g/mol. The highest BCUT2D eigenvalue weighted by Crippen LogP contribution is 2.31. The zero-order chi connectivity index (χ0) is 13.0. The first-order chi connectivity index (χ1) is 8.74. The van der Waals surface area contributed by atoms with Gasteiger partial charge in [0.05, 0.1) is 7.11 Å². The van der Waals surface area contributed by atoms with Gasteiger partial charge in [-0.15, -0.1) is 11.8 Å². The van der Waals surface area contributed by atoms with Crippen molar-refractivity contribution in [2.45, 2.75) is 4.90 Å². The Kier molecular flexibility index (Phi) is 4.28. The van der Waals surface area contributed by atoms with Crippen molar-refractivity contribution in [2.75, 3.05) is 18.7 Å². The smallest absolute Gasteiger partial charge is 0.199 e. The maximum Gasteiger partial charge on any atom is 0.199 e. The summed E-state index contributed by atoms with van der Waals surface area (Å²) in [5, 5.41) is 3.43. The van der Waals surface area contributed by atoms with E-state index >= 15 is 0 Å². The quantitative estimate of drug-likeness (QED) is 0.685. The predicted molar refractivity (Wildman–Crippen MR) is 75.1 cm³/mol. The third-order valence-corrected chi connectivity index (χ3v) is 3.33. The third-order valence-electron chi connectivity index (χ3n) is 2.32. The van der Waals surface area contributed by atoms with Crippen LogP contribution in [0.1, 0.15) is 0 Å². The first kappa shape index (κ1) is 13.0. The van der Waals surface area contributed by atoms with Crippen LogP contribution in [-0.4, -0.2) is 23.3 Å². The van der Waals surface area contributed by atoms with Crippen molar-refractivity contribution in [3.63, 3.8) is 0 Å². The topological polar surface area (TPSA) is 47.0 Å². The van der Waals surface area contributed by atoms with Crippen LogP contribution in [0, 0.1) is 0 Å². The summed E-state index contributed by atoms with van der Waals surface area (Å²) in [4.78, 5) is 9.18. The highest BCUT2D eigenvalue weighted by atomic mass is 35.5. The monoisotopic (exact) mass is 281 g/mol. The van der Waals surface area contributed by atoms with Gasteiger partial charge in [-0.05, 0) is 30.5 Å². The van der Waals surface area contributed by atoms with E-state index in [0.717, 1.165) is 5.69 Å². The Morgan fingerprint density at radius 2 is 1.94 bits per heavy atom. The Morgan fingerprint density at radius 3 is 2.56 bits per heavy atom. The molecule has 0 bridgehead atoms. The molecule has 1 aromatic heterocycles. The Balaban J connectivity index is 2.25. The largest absolute Gasteiger partial charge is 0.490 e. The maximum absolute atomic E-state index is 5.92. The molecule has 0 spiro atoms. The number of aromatic nitrogens is 2. The van der Waals surface area contributed by atoms with Crippen molar-refractivity contribution in [2.24, 2.45) is 0 Å². The van der Waals surface area contributed by atoms with Crippen LogP contribution in [0.2, 0.25) is 5.15 Å². The van der Waals surface area contributed by atoms with Gasteiger partial charge in [0.15, 0.2) is 16.7 Å². The average Bonchev–Trinajstić information content (AvgIpc) is 2.40. The van der Waals surface area contributed by atoms with Crippen LogP contribution < -0.4 is 10.1 Å². The Bertz CT molecular complexity index is 533. The number of rotatable bonds is 4. The molecule has 1 heterocycles. The van der Waals surface area contributed by atoms with Crippen LogP contribution in [0.15, 0.2) is 35.5 Å². The van der Waals surface area contributed by atoms with Crippen molar-refractivity contribution >= 4 is 34.9 Å². The SMILES string of the molecule is COc1c(Cl)ncnc1Nc1ccc(SC)cc1. The van der Waals surface area contributed by atoms with E-state index in [1.807, 2.05) is 30.5 Å². The molecular formula is C12H12ClN3OS. The number of hydrogen-bond donors (Lipinski definition) is 1. The zero-order valence-corrected chi connectivity index (χ0v) is 11.5. The number of halogens is 1. The molecule has 2 aromatic rings. The van der Waals surface area contributed by atoms with E-state index in [4.69, 9.17) is 16.3 Å². The molecule has 0 amide bonds. The molecule has 0 fully saturated rings. The number of methoxy groups -OCH3 is 1. The van der Waals surface area contributed by atoms with Gasteiger partial charge in [-0.3, -0.25) is 0 Å². The van der Waals surface area contributed by atoms with Crippen LogP contribution in [0.3, 0.4) is 0 Å². The third kappa shape index (κ3) is 2.86. The van der Waals surface area contributed by atoms with E-state index in [9.17, 15) is 0 Å². The number of thioether (sulfide) groups is 1. The van der Waals surface area contributed by atoms with Crippen LogP contribution in [0.25, 0.3) is 0 Å². The second-order valence-corrected chi connectivity index (χ2v) is 4.64. The molecule has 1 N–H and O–H groups in total. The second-order valence-electron chi connectivity index (χ2n) is 3.40. The molecule has 0 saturated heterocycles. The molecule has 6 heteroatoms. The molecule has 0 unspecified atom stereocenters. The predicted octanol–water partition coefficient (Wildman–Crippen LogP) is 3.60. The van der Waals surface area contributed by atoms with E-state index in [1.54, 1.807) is 11.8 Å². The molecule has 0 radical (unpaired) electrons. The fourth-order valence-corrected chi connectivity index (χ4v) is 2.05. The number of benzene rings is 1. The van der Waals surface area contributed by atoms with Crippen molar-refractivity contribution in [3.8, 4) is 5.75 Å². The molecule has 4 nitrogen and oxygen atoms in total. The minimum Gasteiger partial charge on any atom is -0.490 e. The molecule has 0 aliphatic rings. The number of nitrogens with zero attached hydrogens (tertiary/aromatic N) is 2. The van der Waals surface area contributed by atoms with Crippen LogP contribution >= 0.6 is 23.4 Å². The highest BCUT2D eigenvalue weighted by Gasteiger charge is 2.10. The summed E-state index contributed by atoms with van der Waals surface area (Å²) in [5.74, 6) is 0.988. The zero-order valence-electron chi connectivity index (χ0n) is 9.98. The van der Waals surface area contributed by atoms with Crippen LogP contribution in [0.5, 0.6) is 5.75 Å². The van der Waals surface area contributed by atoms with Gasteiger partial charge in [0, 0.05) is 10.6 Å². The minimum absolute atomic E-state index is 0.288. The van der Waals surface area contributed by atoms with Gasteiger partial charge >= 0.3 is 0 Å². The standard InChI is InChI=1S/C12H12ClN3OS/c1-17-10-11(13)14-7-15-12(10)16-8-3-5-9(18-2)6-4-8/h3-7H,1-2H3,(H,14,15,16). The van der Waals surface area contributed by atoms with Gasteiger partial charge in [-0.25, -0.2) is 9.97 Å². The molecule has 0 aliphatic carbocycles. The summed E-state index contributed by atoms with van der Waals surface area (Å²) in [7, 11) is 1.53. The Morgan fingerprint density at radius 1 is 1.22 bits per heavy atom. The first-order valence-electron chi connectivity index (χ1n) is 5.20. The molecule has 0 aliphatic heterocycles. The number of hydrogen-bond acceptors (Lipinski definition) is 5. The minimum atomic E-state index is 0.288. The van der Waals surface area contributed by atoms with Gasteiger partial charge in [0.25, 0.3) is 0 Å². The number of nitrogens with one attached hydrogen (secondary N) is 1. The summed E-state index contributed by atoms with van der Waals surface area (Å²) >= 11 is 7.62. The van der Waals surface area contributed by atoms with Crippen molar-refractivity contribution < 1.29 is 4.74 Å². The normalized spacial score (nSPS) is 10.2. The van der Waals surface area contributed by atoms with E-state index in [2.05, 4.69) is 15.3 Å². The van der Waals surface area contributed by atoms with Gasteiger partial charge in [0.2, 0.25) is 0 Å². The molecule has 94 valence electrons. The lowest BCUT2D eigenvalue weighted by Crippen LogP contribution is -1.99. The van der Waals surface area contributed by atoms with Gasteiger partial charge in [-0.2, -0.15) is 0 Å². The summed E-state index contributed by atoms with van der Waals surface area (Å²) in [6.07, 6.45) is 3.43. The first-order valence-corrected chi connectivity index (χ1v) is 6.80. The van der Waals surface area contributed by atoms with Gasteiger partial charge in [0.1, 0.15) is 6.33 Å². The fourth-order valence-electron chi connectivity index (χ4n) is 1.43. The lowest BCUT2D eigenvalue weighted by molar-refractivity contribution is 0.413. The number of ether oxygens (including phenoxy) is 1. The van der Waals surface area contributed by atoms with Gasteiger partial charge in [-0.1, -0.05) is 11.6 Å². The molecular weight excluding hydrogens is 270 g/mol. The molecule has 0 saturated carbocycles. The second kappa shape index (κ2) is 5.93. The van der Waals surface area contributed by atoms with Gasteiger partial charge < -0.3 is 10.1 Å². The Labute approximate surface area is 115 Å². The Hall–Kier alpha value is -1.46. The lowest BCUT2D eigenvalue weighted by Gasteiger charge is -2.10. The summed E-state index contributed by atoms with van der Waals surface area (Å²) in [5.41, 5.74) is 0.917. The van der Waals surface area contributed by atoms with Crippen LogP contribution in [-0.2, 0) is 0 Å². The molecule has 2 rings (SSSR count). The van der Waals surface area contributed by atoms with Crippen molar-refractivity contribution in [1.82, 2.24) is 9.97 Å². The lowest BCUT2D eigenvalue weighted by atomic mass is 10.3. The summed E-state index contributed by atoms with van der Waals surface area (Å²) in [6, 6.07) is 8.01. The highest BCUT2D eigenvalue weighted by molar-refractivity contribution is 7.98. The van der Waals surface area contributed by atoms with Crippen molar-refractivity contribution in [1.29, 1.82) is 0 Å². The van der Waals surface area contributed by atoms with Crippen LogP contribution in [0.4, 0.5) is 11.5 Å².